The summed E-state index contributed by atoms with van der Waals surface area (Å²) in [6.45, 7) is 0.465. The first kappa shape index (κ1) is 23.0. The normalized spacial score (nSPS) is 25.5. The molecule has 0 aromatic rings. The number of quaternary nitrogens is 1. The zero-order chi connectivity index (χ0) is 17.6. The van der Waals surface area contributed by atoms with Crippen molar-refractivity contribution < 1.29 is 60.6 Å². The van der Waals surface area contributed by atoms with Gasteiger partial charge in [-0.2, -0.15) is 0 Å². The topological polar surface area (TPSA) is 173 Å². The fourth-order valence-corrected chi connectivity index (χ4v) is 5.14. The van der Waals surface area contributed by atoms with Gasteiger partial charge in [-0.1, -0.05) is 0 Å². The molecule has 138 valence electrons. The number of hydrogen-bond acceptors (Lipinski definition) is 4. The Morgan fingerprint density at radius 2 is 1.61 bits per heavy atom. The van der Waals surface area contributed by atoms with Crippen molar-refractivity contribution in [1.29, 1.82) is 0 Å². The summed E-state index contributed by atoms with van der Waals surface area (Å²) in [6.07, 6.45) is -0.254. The molecule has 0 aromatic heterocycles. The maximum absolute atomic E-state index is 11.5. The predicted molar refractivity (Wildman–Crippen MR) is 74.8 cm³/mol. The number of aliphatic carboxylic acids is 1. The molecule has 0 radical (unpaired) electrons. The van der Waals surface area contributed by atoms with Gasteiger partial charge in [0, 0.05) is 0 Å². The van der Waals surface area contributed by atoms with Crippen LogP contribution in [0.15, 0.2) is 0 Å². The number of carboxylic acid groups (broad SMARTS) is 1. The minimum absolute atomic E-state index is 0. The van der Waals surface area contributed by atoms with Crippen molar-refractivity contribution in [2.45, 2.75) is 30.4 Å². The van der Waals surface area contributed by atoms with Crippen LogP contribution in [0.2, 0.25) is 0 Å². The Morgan fingerprint density at radius 3 is 1.96 bits per heavy atom. The first-order valence-electron chi connectivity index (χ1n) is 6.52. The number of nitrogens with zero attached hydrogens (tertiary/aromatic N) is 1. The summed E-state index contributed by atoms with van der Waals surface area (Å²) < 4.78 is 22.9. The van der Waals surface area contributed by atoms with Gasteiger partial charge in [0.05, 0.1) is 27.1 Å². The van der Waals surface area contributed by atoms with Gasteiger partial charge in [0.25, 0.3) is 5.08 Å². The van der Waals surface area contributed by atoms with Crippen LogP contribution in [-0.2, 0) is 13.9 Å². The van der Waals surface area contributed by atoms with Gasteiger partial charge in [0.15, 0.2) is 0 Å². The third-order valence-corrected chi connectivity index (χ3v) is 8.14. The molecule has 1 saturated heterocycles. The summed E-state index contributed by atoms with van der Waals surface area (Å²) in [5, 5.41) is 15.7. The van der Waals surface area contributed by atoms with Crippen LogP contribution in [0.5, 0.6) is 0 Å². The standard InChI is InChI=1S/C10H21NO9P2.ClH/c1-11(2)5-3-4-7(9(12)13)8(11)6-10(14,21(15,16)17)22(18,19)20;/h7-8,14H,3-6H2,1-2H3,(H4-,12,13,15,16,17,18,19,20);1H. The summed E-state index contributed by atoms with van der Waals surface area (Å²) in [6, 6.07) is -1.04. The molecule has 1 heterocycles. The highest BCUT2D eigenvalue weighted by molar-refractivity contribution is 7.72. The molecule has 23 heavy (non-hydrogen) atoms. The quantitative estimate of drug-likeness (QED) is 0.202. The number of carboxylic acids is 1. The maximum atomic E-state index is 11.5. The Balaban J connectivity index is 0.00000484. The second-order valence-electron chi connectivity index (χ2n) is 6.22. The molecule has 1 fully saturated rings. The van der Waals surface area contributed by atoms with Crippen LogP contribution < -0.4 is 12.4 Å². The molecule has 0 bridgehead atoms. The van der Waals surface area contributed by atoms with Gasteiger partial charge >= 0.3 is 21.2 Å². The fraction of sp³-hybridized carbons (Fsp3) is 0.900. The van der Waals surface area contributed by atoms with Crippen molar-refractivity contribution in [2.75, 3.05) is 20.6 Å². The smallest absolute Gasteiger partial charge is 0.369 e. The third-order valence-electron chi connectivity index (χ3n) is 4.35. The van der Waals surface area contributed by atoms with Crippen molar-refractivity contribution in [3.8, 4) is 0 Å². The van der Waals surface area contributed by atoms with E-state index >= 15 is 0 Å². The van der Waals surface area contributed by atoms with Gasteiger partial charge in [-0.25, -0.2) is 0 Å². The largest absolute Gasteiger partial charge is 1.00 e. The number of carbonyl (C=O) groups is 1. The van der Waals surface area contributed by atoms with E-state index in [1.54, 1.807) is 14.1 Å². The van der Waals surface area contributed by atoms with E-state index in [4.69, 9.17) is 0 Å². The zero-order valence-electron chi connectivity index (χ0n) is 12.6. The van der Waals surface area contributed by atoms with Crippen LogP contribution in [0.1, 0.15) is 19.3 Å². The molecule has 0 aromatic carbocycles. The highest BCUT2D eigenvalue weighted by atomic mass is 35.5. The van der Waals surface area contributed by atoms with Gasteiger partial charge in [0.2, 0.25) is 0 Å². The highest BCUT2D eigenvalue weighted by Crippen LogP contribution is 2.69. The first-order valence-corrected chi connectivity index (χ1v) is 9.75. The van der Waals surface area contributed by atoms with E-state index in [9.17, 15) is 43.7 Å². The molecule has 2 atom stereocenters. The summed E-state index contributed by atoms with van der Waals surface area (Å²) in [7, 11) is -8.01. The van der Waals surface area contributed by atoms with Crippen LogP contribution in [0.25, 0.3) is 0 Å². The monoisotopic (exact) mass is 397 g/mol. The average molecular weight is 398 g/mol. The lowest BCUT2D eigenvalue weighted by Gasteiger charge is -2.47. The minimum atomic E-state index is -5.60. The zero-order valence-corrected chi connectivity index (χ0v) is 15.2. The number of halogens is 1. The van der Waals surface area contributed by atoms with Crippen LogP contribution in [0.4, 0.5) is 0 Å². The van der Waals surface area contributed by atoms with E-state index in [1.165, 1.54) is 0 Å². The molecular weight excluding hydrogens is 376 g/mol. The summed E-state index contributed by atoms with van der Waals surface area (Å²) in [5.41, 5.74) is 0. The van der Waals surface area contributed by atoms with Crippen molar-refractivity contribution in [3.05, 3.63) is 0 Å². The first-order chi connectivity index (χ1) is 9.63. The van der Waals surface area contributed by atoms with E-state index in [-0.39, 0.29) is 23.3 Å². The van der Waals surface area contributed by atoms with E-state index < -0.39 is 44.6 Å². The third kappa shape index (κ3) is 4.54. The number of likely N-dealkylation sites (tertiary alicyclic amines) is 1. The summed E-state index contributed by atoms with van der Waals surface area (Å²) >= 11 is 0. The van der Waals surface area contributed by atoms with E-state index in [2.05, 4.69) is 0 Å². The van der Waals surface area contributed by atoms with Crippen LogP contribution in [-0.4, -0.2) is 72.0 Å². The van der Waals surface area contributed by atoms with Gasteiger partial charge < -0.3 is 46.7 Å². The van der Waals surface area contributed by atoms with Gasteiger partial charge in [0.1, 0.15) is 12.0 Å². The second kappa shape index (κ2) is 7.07. The Morgan fingerprint density at radius 1 is 1.17 bits per heavy atom. The van der Waals surface area contributed by atoms with Crippen molar-refractivity contribution in [2.24, 2.45) is 5.92 Å². The molecule has 0 spiro atoms. The van der Waals surface area contributed by atoms with E-state index in [0.29, 0.717) is 13.0 Å². The van der Waals surface area contributed by atoms with Gasteiger partial charge in [-0.3, -0.25) is 13.9 Å². The van der Waals surface area contributed by atoms with Crippen molar-refractivity contribution in [3.63, 3.8) is 0 Å². The number of piperidine rings is 1. The van der Waals surface area contributed by atoms with Crippen LogP contribution in [0, 0.1) is 5.92 Å². The number of hydrogen-bond donors (Lipinski definition) is 6. The summed E-state index contributed by atoms with van der Waals surface area (Å²) in [5.74, 6) is -2.29. The molecule has 0 aliphatic carbocycles. The molecule has 6 N–H and O–H groups in total. The Hall–Kier alpha value is -0.0200. The van der Waals surface area contributed by atoms with Crippen molar-refractivity contribution in [1.82, 2.24) is 0 Å². The Labute approximate surface area is 139 Å². The summed E-state index contributed by atoms with van der Waals surface area (Å²) in [4.78, 5) is 48.2. The average Bonchev–Trinajstić information content (AvgIpc) is 2.27. The Bertz CT molecular complexity index is 520. The van der Waals surface area contributed by atoms with Crippen LogP contribution in [0.3, 0.4) is 0 Å². The van der Waals surface area contributed by atoms with Gasteiger partial charge in [-0.15, -0.1) is 0 Å². The van der Waals surface area contributed by atoms with Crippen LogP contribution >= 0.6 is 15.2 Å². The molecule has 0 saturated carbocycles. The molecule has 13 heteroatoms. The lowest BCUT2D eigenvalue weighted by Crippen LogP contribution is -3.00. The highest BCUT2D eigenvalue weighted by Gasteiger charge is 2.63. The molecule has 1 aliphatic heterocycles. The molecule has 1 rings (SSSR count). The van der Waals surface area contributed by atoms with E-state index in [1.807, 2.05) is 0 Å². The van der Waals surface area contributed by atoms with Gasteiger partial charge in [-0.05, 0) is 12.8 Å². The van der Waals surface area contributed by atoms with E-state index in [0.717, 1.165) is 0 Å². The lowest BCUT2D eigenvalue weighted by molar-refractivity contribution is -0.923. The Kier molecular flexibility index (Phi) is 7.07. The number of aliphatic hydroxyl groups is 1. The van der Waals surface area contributed by atoms with Crippen molar-refractivity contribution >= 4 is 21.2 Å². The minimum Gasteiger partial charge on any atom is -1.00 e. The molecule has 10 nitrogen and oxygen atoms in total. The second-order valence-corrected chi connectivity index (χ2v) is 10.2. The molecule has 0 amide bonds. The predicted octanol–water partition coefficient (Wildman–Crippen LogP) is -3.68. The molecule has 2 unspecified atom stereocenters. The maximum Gasteiger partial charge on any atom is 0.369 e. The molecular formula is C10H22ClNO9P2. The molecule has 1 aliphatic rings. The fourth-order valence-electron chi connectivity index (χ4n) is 2.93. The SMILES string of the molecule is C[N+]1(C)CCCC(C(=O)O)C1CC(O)(P(=O)(O)O)P(=O)(O)O.[Cl-]. The number of rotatable bonds is 5. The lowest BCUT2D eigenvalue weighted by atomic mass is 9.86.